The average molecular weight is 312 g/mol. The molecule has 3 N–H and O–H groups in total. The molecule has 1 atom stereocenters. The predicted molar refractivity (Wildman–Crippen MR) is 74.6 cm³/mol. The van der Waals surface area contributed by atoms with E-state index < -0.39 is 27.9 Å². The first-order valence-corrected chi connectivity index (χ1v) is 8.85. The van der Waals surface area contributed by atoms with Crippen LogP contribution < -0.4 is 10.0 Å². The van der Waals surface area contributed by atoms with Gasteiger partial charge in [-0.1, -0.05) is 0 Å². The number of hydrogen-bond acceptors (Lipinski definition) is 5. The van der Waals surface area contributed by atoms with E-state index in [1.165, 1.54) is 18.7 Å². The van der Waals surface area contributed by atoms with E-state index in [0.717, 1.165) is 0 Å². The minimum Gasteiger partial charge on any atom is -0.481 e. The molecule has 0 spiro atoms. The number of rotatable bonds is 10. The molecule has 0 aromatic rings. The second-order valence-corrected chi connectivity index (χ2v) is 6.82. The highest BCUT2D eigenvalue weighted by Gasteiger charge is 2.22. The summed E-state index contributed by atoms with van der Waals surface area (Å²) in [5, 5.41) is 10.9. The van der Waals surface area contributed by atoms with E-state index in [1.807, 2.05) is 6.26 Å². The Hall–Kier alpha value is -0.800. The summed E-state index contributed by atoms with van der Waals surface area (Å²) in [5.41, 5.74) is 0. The molecule has 0 aliphatic heterocycles. The Morgan fingerprint density at radius 3 is 2.47 bits per heavy atom. The van der Waals surface area contributed by atoms with Gasteiger partial charge in [0, 0.05) is 6.54 Å². The van der Waals surface area contributed by atoms with Gasteiger partial charge in [-0.15, -0.1) is 0 Å². The van der Waals surface area contributed by atoms with E-state index >= 15 is 0 Å². The zero-order valence-electron chi connectivity index (χ0n) is 11.0. The molecule has 1 unspecified atom stereocenters. The van der Waals surface area contributed by atoms with Gasteiger partial charge in [0.25, 0.3) is 0 Å². The number of sulfonamides is 1. The molecule has 0 saturated carbocycles. The minimum atomic E-state index is -3.47. The van der Waals surface area contributed by atoms with Crippen molar-refractivity contribution in [3.8, 4) is 0 Å². The third-order valence-electron chi connectivity index (χ3n) is 2.27. The van der Waals surface area contributed by atoms with Crippen LogP contribution in [0, 0.1) is 0 Å². The Kier molecular flexibility index (Phi) is 8.77. The Morgan fingerprint density at radius 2 is 2.00 bits per heavy atom. The van der Waals surface area contributed by atoms with Gasteiger partial charge in [0.1, 0.15) is 6.04 Å². The van der Waals surface area contributed by atoms with E-state index in [0.29, 0.717) is 12.2 Å². The molecule has 0 rings (SSSR count). The zero-order chi connectivity index (χ0) is 14.9. The van der Waals surface area contributed by atoms with E-state index in [2.05, 4.69) is 10.0 Å². The van der Waals surface area contributed by atoms with Crippen molar-refractivity contribution in [3.05, 3.63) is 0 Å². The van der Waals surface area contributed by atoms with E-state index in [4.69, 9.17) is 5.11 Å². The molecule has 0 aromatic heterocycles. The molecule has 0 radical (unpaired) electrons. The first kappa shape index (κ1) is 18.2. The maximum atomic E-state index is 11.8. The number of carboxylic acids is 1. The lowest BCUT2D eigenvalue weighted by Crippen LogP contribution is -2.47. The van der Waals surface area contributed by atoms with Crippen LogP contribution in [0.15, 0.2) is 0 Å². The molecule has 0 bridgehead atoms. The molecular formula is C10H20N2O5S2. The van der Waals surface area contributed by atoms with Gasteiger partial charge in [0.2, 0.25) is 15.9 Å². The van der Waals surface area contributed by atoms with E-state index in [9.17, 15) is 18.0 Å². The van der Waals surface area contributed by atoms with Crippen LogP contribution in [0.3, 0.4) is 0 Å². The van der Waals surface area contributed by atoms with Crippen molar-refractivity contribution in [1.82, 2.24) is 10.0 Å². The summed E-state index contributed by atoms with van der Waals surface area (Å²) in [7, 11) is -3.47. The van der Waals surface area contributed by atoms with Crippen LogP contribution in [-0.2, 0) is 19.6 Å². The second kappa shape index (κ2) is 9.16. The van der Waals surface area contributed by atoms with Gasteiger partial charge in [0.15, 0.2) is 0 Å². The van der Waals surface area contributed by atoms with Crippen LogP contribution in [0.2, 0.25) is 0 Å². The molecule has 0 aliphatic carbocycles. The molecule has 19 heavy (non-hydrogen) atoms. The SMILES string of the molecule is CCS(=O)(=O)NC(CCSC)C(=O)NCCC(=O)O. The Balaban J connectivity index is 4.47. The summed E-state index contributed by atoms with van der Waals surface area (Å²) < 4.78 is 25.2. The highest BCUT2D eigenvalue weighted by molar-refractivity contribution is 7.98. The molecule has 0 aromatic carbocycles. The third kappa shape index (κ3) is 8.84. The van der Waals surface area contributed by atoms with Crippen LogP contribution >= 0.6 is 11.8 Å². The summed E-state index contributed by atoms with van der Waals surface area (Å²) >= 11 is 1.50. The smallest absolute Gasteiger partial charge is 0.305 e. The average Bonchev–Trinajstić information content (AvgIpc) is 2.33. The first-order chi connectivity index (χ1) is 8.82. The summed E-state index contributed by atoms with van der Waals surface area (Å²) in [6, 6.07) is -0.855. The van der Waals surface area contributed by atoms with Crippen molar-refractivity contribution in [2.24, 2.45) is 0 Å². The number of carbonyl (C=O) groups excluding carboxylic acids is 1. The standard InChI is InChI=1S/C10H20N2O5S2/c1-3-19(16,17)12-8(5-7-18-2)10(15)11-6-4-9(13)14/h8,12H,3-7H2,1-2H3,(H,11,15)(H,13,14). The zero-order valence-corrected chi connectivity index (χ0v) is 12.6. The van der Waals surface area contributed by atoms with Crippen molar-refractivity contribution in [1.29, 1.82) is 0 Å². The highest BCUT2D eigenvalue weighted by atomic mass is 32.2. The lowest BCUT2D eigenvalue weighted by atomic mass is 10.2. The van der Waals surface area contributed by atoms with Gasteiger partial charge in [-0.2, -0.15) is 11.8 Å². The van der Waals surface area contributed by atoms with Crippen molar-refractivity contribution < 1.29 is 23.1 Å². The van der Waals surface area contributed by atoms with E-state index in [1.54, 1.807) is 0 Å². The first-order valence-electron chi connectivity index (χ1n) is 5.80. The maximum absolute atomic E-state index is 11.8. The Labute approximate surface area is 117 Å². The summed E-state index contributed by atoms with van der Waals surface area (Å²) in [5.74, 6) is -0.989. The molecule has 0 aliphatic rings. The number of thioether (sulfide) groups is 1. The van der Waals surface area contributed by atoms with E-state index in [-0.39, 0.29) is 18.7 Å². The van der Waals surface area contributed by atoms with Gasteiger partial charge in [-0.25, -0.2) is 13.1 Å². The summed E-state index contributed by atoms with van der Waals surface area (Å²) in [6.07, 6.45) is 2.02. The predicted octanol–water partition coefficient (Wildman–Crippen LogP) is -0.362. The molecular weight excluding hydrogens is 292 g/mol. The molecule has 0 saturated heterocycles. The molecule has 0 fully saturated rings. The van der Waals surface area contributed by atoms with Gasteiger partial charge in [-0.05, 0) is 25.4 Å². The quantitative estimate of drug-likeness (QED) is 0.508. The molecule has 112 valence electrons. The lowest BCUT2D eigenvalue weighted by molar-refractivity contribution is -0.137. The Bertz CT molecular complexity index is 397. The van der Waals surface area contributed by atoms with Crippen molar-refractivity contribution in [3.63, 3.8) is 0 Å². The number of carbonyl (C=O) groups is 2. The monoisotopic (exact) mass is 312 g/mol. The van der Waals surface area contributed by atoms with Crippen molar-refractivity contribution in [2.45, 2.75) is 25.8 Å². The number of nitrogens with one attached hydrogen (secondary N) is 2. The molecule has 7 nitrogen and oxygen atoms in total. The minimum absolute atomic E-state index is 0.0161. The topological polar surface area (TPSA) is 113 Å². The number of hydrogen-bond donors (Lipinski definition) is 3. The van der Waals surface area contributed by atoms with Crippen molar-refractivity contribution in [2.75, 3.05) is 24.3 Å². The van der Waals surface area contributed by atoms with Crippen LogP contribution in [0.5, 0.6) is 0 Å². The fourth-order valence-electron chi connectivity index (χ4n) is 1.20. The number of aliphatic carboxylic acids is 1. The number of carboxylic acid groups (broad SMARTS) is 1. The molecule has 9 heteroatoms. The van der Waals surface area contributed by atoms with Gasteiger partial charge < -0.3 is 10.4 Å². The summed E-state index contributed by atoms with van der Waals surface area (Å²) in [6.45, 7) is 1.47. The van der Waals surface area contributed by atoms with Crippen LogP contribution in [0.4, 0.5) is 0 Å². The highest BCUT2D eigenvalue weighted by Crippen LogP contribution is 2.03. The Morgan fingerprint density at radius 1 is 1.37 bits per heavy atom. The fourth-order valence-corrected chi connectivity index (χ4v) is 2.49. The molecule has 0 heterocycles. The number of amides is 1. The van der Waals surface area contributed by atoms with Crippen molar-refractivity contribution >= 4 is 33.7 Å². The van der Waals surface area contributed by atoms with Crippen LogP contribution in [0.25, 0.3) is 0 Å². The maximum Gasteiger partial charge on any atom is 0.305 e. The third-order valence-corrected chi connectivity index (χ3v) is 4.31. The fraction of sp³-hybridized carbons (Fsp3) is 0.800. The lowest BCUT2D eigenvalue weighted by Gasteiger charge is -2.17. The van der Waals surface area contributed by atoms with Gasteiger partial charge >= 0.3 is 5.97 Å². The van der Waals surface area contributed by atoms with Gasteiger partial charge in [-0.3, -0.25) is 9.59 Å². The van der Waals surface area contributed by atoms with Crippen LogP contribution in [0.1, 0.15) is 19.8 Å². The van der Waals surface area contributed by atoms with Gasteiger partial charge in [0.05, 0.1) is 12.2 Å². The second-order valence-electron chi connectivity index (χ2n) is 3.79. The normalized spacial score (nSPS) is 12.9. The molecule has 1 amide bonds. The summed E-state index contributed by atoms with van der Waals surface area (Å²) in [4.78, 5) is 22.1. The largest absolute Gasteiger partial charge is 0.481 e. The van der Waals surface area contributed by atoms with Crippen LogP contribution in [-0.4, -0.2) is 55.7 Å².